The molecule has 158 valence electrons. The summed E-state index contributed by atoms with van der Waals surface area (Å²) in [4.78, 5) is 30.4. The monoisotopic (exact) mass is 435 g/mol. The molecule has 2 amide bonds. The van der Waals surface area contributed by atoms with Gasteiger partial charge < -0.3 is 15.1 Å². The number of amides is 2. The van der Waals surface area contributed by atoms with Crippen LogP contribution in [0.1, 0.15) is 47.7 Å². The van der Waals surface area contributed by atoms with Gasteiger partial charge in [-0.2, -0.15) is 0 Å². The van der Waals surface area contributed by atoms with Crippen LogP contribution in [-0.4, -0.2) is 54.3 Å². The van der Waals surface area contributed by atoms with Crippen molar-refractivity contribution in [2.75, 3.05) is 38.0 Å². The van der Waals surface area contributed by atoms with Gasteiger partial charge in [0.15, 0.2) is 0 Å². The molecule has 0 aliphatic carbocycles. The molecule has 1 N–H and O–H groups in total. The molecule has 0 unspecified atom stereocenters. The Bertz CT molecular complexity index is 804. The summed E-state index contributed by atoms with van der Waals surface area (Å²) in [6.45, 7) is 12.6. The van der Waals surface area contributed by atoms with Crippen LogP contribution < -0.4 is 5.32 Å². The van der Waals surface area contributed by atoms with Crippen LogP contribution in [0.4, 0.5) is 5.69 Å². The molecule has 0 aliphatic rings. The van der Waals surface area contributed by atoms with Gasteiger partial charge in [0.2, 0.25) is 0 Å². The molecule has 0 radical (unpaired) electrons. The molecule has 0 spiro atoms. The topological polar surface area (TPSA) is 52.6 Å². The van der Waals surface area contributed by atoms with Gasteiger partial charge in [-0.15, -0.1) is 11.3 Å². The summed E-state index contributed by atoms with van der Waals surface area (Å²) in [5, 5.41) is 5.07. The molecule has 0 fully saturated rings. The van der Waals surface area contributed by atoms with Crippen LogP contribution in [0.2, 0.25) is 5.02 Å². The number of rotatable bonds is 10. The van der Waals surface area contributed by atoms with E-state index in [4.69, 9.17) is 11.6 Å². The van der Waals surface area contributed by atoms with Crippen molar-refractivity contribution in [2.24, 2.45) is 5.92 Å². The van der Waals surface area contributed by atoms with Crippen LogP contribution in [0.25, 0.3) is 0 Å². The van der Waals surface area contributed by atoms with Crippen molar-refractivity contribution < 1.29 is 9.59 Å². The summed E-state index contributed by atoms with van der Waals surface area (Å²) < 4.78 is 0. The smallest absolute Gasteiger partial charge is 0.265 e. The van der Waals surface area contributed by atoms with Crippen molar-refractivity contribution in [3.8, 4) is 0 Å². The number of carbonyl (C=O) groups excluding carboxylic acids is 2. The average Bonchev–Trinajstić information content (AvgIpc) is 3.23. The van der Waals surface area contributed by atoms with Crippen LogP contribution in [0, 0.1) is 5.92 Å². The highest BCUT2D eigenvalue weighted by atomic mass is 35.5. The van der Waals surface area contributed by atoms with E-state index in [9.17, 15) is 9.59 Å². The third kappa shape index (κ3) is 6.84. The fourth-order valence-corrected chi connectivity index (χ4v) is 3.83. The van der Waals surface area contributed by atoms with E-state index in [1.165, 1.54) is 11.3 Å². The van der Waals surface area contributed by atoms with Gasteiger partial charge in [-0.1, -0.05) is 45.4 Å². The molecule has 0 saturated carbocycles. The van der Waals surface area contributed by atoms with Crippen molar-refractivity contribution in [1.82, 2.24) is 9.80 Å². The van der Waals surface area contributed by atoms with Gasteiger partial charge in [-0.25, -0.2) is 0 Å². The Kier molecular flexibility index (Phi) is 9.14. The van der Waals surface area contributed by atoms with Gasteiger partial charge in [-0.05, 0) is 48.7 Å². The zero-order chi connectivity index (χ0) is 21.4. The van der Waals surface area contributed by atoms with Gasteiger partial charge in [0.1, 0.15) is 0 Å². The first-order chi connectivity index (χ1) is 13.8. The third-order valence-corrected chi connectivity index (χ3v) is 5.86. The number of hydrogen-bond acceptors (Lipinski definition) is 4. The van der Waals surface area contributed by atoms with Crippen LogP contribution in [0.5, 0.6) is 0 Å². The lowest BCUT2D eigenvalue weighted by Gasteiger charge is -2.28. The van der Waals surface area contributed by atoms with Crippen LogP contribution in [0.15, 0.2) is 35.7 Å². The van der Waals surface area contributed by atoms with Gasteiger partial charge in [-0.3, -0.25) is 9.59 Å². The maximum absolute atomic E-state index is 13.2. The Labute approximate surface area is 182 Å². The number of hydrogen-bond donors (Lipinski definition) is 1. The molecular weight excluding hydrogens is 406 g/mol. The SMILES string of the molecule is CCN(CC)CCN(CC(C)C)C(=O)c1ccc(Cl)c(NC(=O)c2cccs2)c1. The van der Waals surface area contributed by atoms with Crippen LogP contribution in [0.3, 0.4) is 0 Å². The average molecular weight is 436 g/mol. The number of likely N-dealkylation sites (N-methyl/N-ethyl adjacent to an activating group) is 1. The van der Waals surface area contributed by atoms with Crippen molar-refractivity contribution in [3.05, 3.63) is 51.2 Å². The Morgan fingerprint density at radius 2 is 1.86 bits per heavy atom. The number of benzene rings is 1. The zero-order valence-corrected chi connectivity index (χ0v) is 19.1. The second-order valence-electron chi connectivity index (χ2n) is 7.30. The minimum atomic E-state index is -0.230. The first-order valence-corrected chi connectivity index (χ1v) is 11.3. The van der Waals surface area contributed by atoms with E-state index in [0.29, 0.717) is 40.2 Å². The Morgan fingerprint density at radius 3 is 2.45 bits per heavy atom. The molecule has 0 bridgehead atoms. The molecule has 1 aromatic carbocycles. The van der Waals surface area contributed by atoms with Crippen molar-refractivity contribution >= 4 is 40.4 Å². The highest BCUT2D eigenvalue weighted by Gasteiger charge is 2.19. The second kappa shape index (κ2) is 11.3. The molecule has 0 atom stereocenters. The molecule has 2 aromatic rings. The largest absolute Gasteiger partial charge is 0.337 e. The molecule has 1 heterocycles. The highest BCUT2D eigenvalue weighted by Crippen LogP contribution is 2.25. The molecule has 29 heavy (non-hydrogen) atoms. The Morgan fingerprint density at radius 1 is 1.14 bits per heavy atom. The first kappa shape index (κ1) is 23.4. The van der Waals surface area contributed by atoms with Crippen molar-refractivity contribution in [2.45, 2.75) is 27.7 Å². The van der Waals surface area contributed by atoms with Gasteiger partial charge >= 0.3 is 0 Å². The van der Waals surface area contributed by atoms with Crippen LogP contribution in [-0.2, 0) is 0 Å². The minimum absolute atomic E-state index is 0.0471. The Balaban J connectivity index is 2.18. The summed E-state index contributed by atoms with van der Waals surface area (Å²) in [6, 6.07) is 8.62. The predicted molar refractivity (Wildman–Crippen MR) is 122 cm³/mol. The van der Waals surface area contributed by atoms with E-state index >= 15 is 0 Å². The highest BCUT2D eigenvalue weighted by molar-refractivity contribution is 7.12. The number of nitrogens with one attached hydrogen (secondary N) is 1. The lowest BCUT2D eigenvalue weighted by atomic mass is 10.1. The molecule has 2 rings (SSSR count). The fraction of sp³-hybridized carbons (Fsp3) is 0.455. The molecule has 0 aliphatic heterocycles. The van der Waals surface area contributed by atoms with E-state index in [0.717, 1.165) is 19.6 Å². The number of anilines is 1. The lowest BCUT2D eigenvalue weighted by Crippen LogP contribution is -2.40. The number of halogens is 1. The number of carbonyl (C=O) groups is 2. The first-order valence-electron chi connectivity index (χ1n) is 10.0. The number of nitrogens with zero attached hydrogens (tertiary/aromatic N) is 2. The van der Waals surface area contributed by atoms with Crippen LogP contribution >= 0.6 is 22.9 Å². The van der Waals surface area contributed by atoms with Crippen molar-refractivity contribution in [3.63, 3.8) is 0 Å². The van der Waals surface area contributed by atoms with E-state index in [1.54, 1.807) is 24.3 Å². The van der Waals surface area contributed by atoms with Gasteiger partial charge in [0, 0.05) is 25.2 Å². The summed E-state index contributed by atoms with van der Waals surface area (Å²) in [7, 11) is 0. The Hall–Kier alpha value is -1.89. The molecule has 1 aromatic heterocycles. The number of thiophene rings is 1. The lowest BCUT2D eigenvalue weighted by molar-refractivity contribution is 0.0716. The summed E-state index contributed by atoms with van der Waals surface area (Å²) in [6.07, 6.45) is 0. The predicted octanol–water partition coefficient (Wildman–Crippen LogP) is 5.09. The summed E-state index contributed by atoms with van der Waals surface area (Å²) >= 11 is 7.62. The standard InChI is InChI=1S/C22H30ClN3O2S/c1-5-25(6-2)11-12-26(15-16(3)4)22(28)17-9-10-18(23)19(14-17)24-21(27)20-8-7-13-29-20/h7-10,13-14,16H,5-6,11-12,15H2,1-4H3,(H,24,27). The molecule has 5 nitrogen and oxygen atoms in total. The molecular formula is C22H30ClN3O2S. The van der Waals surface area contributed by atoms with E-state index in [-0.39, 0.29) is 11.8 Å². The maximum Gasteiger partial charge on any atom is 0.265 e. The van der Waals surface area contributed by atoms with Crippen molar-refractivity contribution in [1.29, 1.82) is 0 Å². The quantitative estimate of drug-likeness (QED) is 0.565. The van der Waals surface area contributed by atoms with Gasteiger partial charge in [0.05, 0.1) is 15.6 Å². The van der Waals surface area contributed by atoms with E-state index in [2.05, 4.69) is 37.9 Å². The third-order valence-electron chi connectivity index (χ3n) is 4.66. The zero-order valence-electron chi connectivity index (χ0n) is 17.6. The summed E-state index contributed by atoms with van der Waals surface area (Å²) in [5.74, 6) is 0.0853. The van der Waals surface area contributed by atoms with E-state index < -0.39 is 0 Å². The van der Waals surface area contributed by atoms with E-state index in [1.807, 2.05) is 16.3 Å². The normalized spacial score (nSPS) is 11.1. The second-order valence-corrected chi connectivity index (χ2v) is 8.65. The molecule has 7 heteroatoms. The fourth-order valence-electron chi connectivity index (χ4n) is 3.05. The van der Waals surface area contributed by atoms with Gasteiger partial charge in [0.25, 0.3) is 11.8 Å². The summed E-state index contributed by atoms with van der Waals surface area (Å²) in [5.41, 5.74) is 0.972. The minimum Gasteiger partial charge on any atom is -0.337 e. The maximum atomic E-state index is 13.2. The molecule has 0 saturated heterocycles.